The lowest BCUT2D eigenvalue weighted by atomic mass is 10.1. The number of alkyl halides is 3. The summed E-state index contributed by atoms with van der Waals surface area (Å²) in [5.74, 6) is -13.1. The van der Waals surface area contributed by atoms with E-state index in [1.165, 1.54) is 5.32 Å². The molecule has 146 valence electrons. The van der Waals surface area contributed by atoms with Crippen molar-refractivity contribution in [1.82, 2.24) is 9.78 Å². The molecular weight excluding hydrogens is 391 g/mol. The molecule has 1 atom stereocenters. The third-order valence-electron chi connectivity index (χ3n) is 3.40. The maximum atomic E-state index is 13.8. The van der Waals surface area contributed by atoms with Gasteiger partial charge in [0.1, 0.15) is 17.3 Å². The van der Waals surface area contributed by atoms with Crippen molar-refractivity contribution in [1.29, 1.82) is 0 Å². The second-order valence-electron chi connectivity index (χ2n) is 5.16. The van der Waals surface area contributed by atoms with E-state index in [0.717, 1.165) is 23.9 Å². The van der Waals surface area contributed by atoms with Crippen LogP contribution in [-0.4, -0.2) is 26.8 Å². The predicted molar refractivity (Wildman–Crippen MR) is 73.8 cm³/mol. The summed E-state index contributed by atoms with van der Waals surface area (Å²) >= 11 is 0. The lowest BCUT2D eigenvalue weighted by Gasteiger charge is -2.16. The number of halogens is 7. The SMILES string of the molecule is CC(C(=O)Nc1c(F)c(F)c(C(F)(F)F)c(F)c1F)n1ccc(C(=O)O)n1. The number of anilines is 1. The summed E-state index contributed by atoms with van der Waals surface area (Å²) in [5.41, 5.74) is -5.01. The predicted octanol–water partition coefficient (Wildman–Crippen LogP) is 3.36. The van der Waals surface area contributed by atoms with Crippen molar-refractivity contribution >= 4 is 17.6 Å². The number of nitrogens with zero attached hydrogens (tertiary/aromatic N) is 2. The number of hydrogen-bond acceptors (Lipinski definition) is 3. The van der Waals surface area contributed by atoms with Crippen LogP contribution in [0.2, 0.25) is 0 Å². The molecule has 0 spiro atoms. The highest BCUT2D eigenvalue weighted by Gasteiger charge is 2.42. The second-order valence-corrected chi connectivity index (χ2v) is 5.16. The summed E-state index contributed by atoms with van der Waals surface area (Å²) in [7, 11) is 0. The Morgan fingerprint density at radius 3 is 2.04 bits per heavy atom. The molecule has 0 saturated heterocycles. The number of rotatable bonds is 4. The number of aromatic carboxylic acids is 1. The molecule has 0 aliphatic heterocycles. The van der Waals surface area contributed by atoms with Crippen molar-refractivity contribution in [2.45, 2.75) is 19.1 Å². The van der Waals surface area contributed by atoms with Gasteiger partial charge in [0.2, 0.25) is 5.91 Å². The van der Waals surface area contributed by atoms with Gasteiger partial charge in [0.25, 0.3) is 0 Å². The van der Waals surface area contributed by atoms with Gasteiger partial charge in [0, 0.05) is 6.20 Å². The minimum atomic E-state index is -5.71. The quantitative estimate of drug-likeness (QED) is 0.610. The van der Waals surface area contributed by atoms with Crippen molar-refractivity contribution in [2.24, 2.45) is 0 Å². The fourth-order valence-corrected chi connectivity index (χ4v) is 2.01. The summed E-state index contributed by atoms with van der Waals surface area (Å²) in [4.78, 5) is 22.7. The molecular formula is C14H8F7N3O3. The first-order valence-corrected chi connectivity index (χ1v) is 6.88. The fourth-order valence-electron chi connectivity index (χ4n) is 2.01. The molecule has 2 aromatic rings. The fraction of sp³-hybridized carbons (Fsp3) is 0.214. The third kappa shape index (κ3) is 3.71. The van der Waals surface area contributed by atoms with Crippen molar-refractivity contribution < 1.29 is 45.4 Å². The number of amides is 1. The Morgan fingerprint density at radius 2 is 1.63 bits per heavy atom. The van der Waals surface area contributed by atoms with E-state index in [4.69, 9.17) is 5.11 Å². The van der Waals surface area contributed by atoms with Crippen LogP contribution in [0.3, 0.4) is 0 Å². The van der Waals surface area contributed by atoms with Crippen LogP contribution in [0.25, 0.3) is 0 Å². The van der Waals surface area contributed by atoms with E-state index in [1.807, 2.05) is 0 Å². The van der Waals surface area contributed by atoms with Crippen LogP contribution in [0.1, 0.15) is 29.0 Å². The van der Waals surface area contributed by atoms with E-state index in [2.05, 4.69) is 5.10 Å². The number of aromatic nitrogens is 2. The average Bonchev–Trinajstić information content (AvgIpc) is 3.05. The van der Waals surface area contributed by atoms with Crippen molar-refractivity contribution in [3.8, 4) is 0 Å². The van der Waals surface area contributed by atoms with Gasteiger partial charge in [0.15, 0.2) is 29.0 Å². The molecule has 1 aromatic carbocycles. The first kappa shape index (κ1) is 20.2. The molecule has 2 N–H and O–H groups in total. The Bertz CT molecular complexity index is 894. The highest BCUT2D eigenvalue weighted by molar-refractivity contribution is 5.94. The standard InChI is InChI=1S/C14H8F7N3O3/c1-4(24-3-2-5(23-24)13(26)27)12(25)22-11-9(17)7(15)6(14(19,20)21)8(16)10(11)18/h2-4H,1H3,(H,22,25)(H,26,27). The van der Waals surface area contributed by atoms with Crippen LogP contribution in [-0.2, 0) is 11.0 Å². The number of hydrogen-bond donors (Lipinski definition) is 2. The molecule has 6 nitrogen and oxygen atoms in total. The second kappa shape index (κ2) is 6.89. The monoisotopic (exact) mass is 399 g/mol. The summed E-state index contributed by atoms with van der Waals surface area (Å²) in [6.45, 7) is 1.08. The van der Waals surface area contributed by atoms with Gasteiger partial charge >= 0.3 is 12.1 Å². The topological polar surface area (TPSA) is 84.2 Å². The Balaban J connectivity index is 2.39. The van der Waals surface area contributed by atoms with Gasteiger partial charge in [-0.3, -0.25) is 9.48 Å². The number of benzene rings is 1. The average molecular weight is 399 g/mol. The zero-order valence-corrected chi connectivity index (χ0v) is 13.0. The van der Waals surface area contributed by atoms with Gasteiger partial charge in [-0.1, -0.05) is 0 Å². The molecule has 0 aliphatic carbocycles. The van der Waals surface area contributed by atoms with Gasteiger partial charge in [-0.05, 0) is 13.0 Å². The van der Waals surface area contributed by atoms with E-state index in [-0.39, 0.29) is 0 Å². The smallest absolute Gasteiger partial charge is 0.422 e. The molecule has 13 heteroatoms. The largest absolute Gasteiger partial charge is 0.476 e. The minimum absolute atomic E-state index is 0.473. The van der Waals surface area contributed by atoms with Gasteiger partial charge in [0.05, 0.1) is 0 Å². The zero-order chi connectivity index (χ0) is 20.7. The van der Waals surface area contributed by atoms with E-state index < -0.39 is 64.3 Å². The Morgan fingerprint density at radius 1 is 1.11 bits per heavy atom. The Hall–Kier alpha value is -3.12. The van der Waals surface area contributed by atoms with Crippen molar-refractivity contribution in [2.75, 3.05) is 5.32 Å². The summed E-state index contributed by atoms with van der Waals surface area (Å²) in [5, 5.41) is 13.6. The lowest BCUT2D eigenvalue weighted by molar-refractivity contribution is -0.143. The molecule has 0 aliphatic rings. The van der Waals surface area contributed by atoms with E-state index in [0.29, 0.717) is 0 Å². The molecule has 1 amide bonds. The number of nitrogens with one attached hydrogen (secondary N) is 1. The molecule has 0 saturated carbocycles. The summed E-state index contributed by atoms with van der Waals surface area (Å²) in [6.07, 6.45) is -4.69. The molecule has 2 rings (SSSR count). The molecule has 0 radical (unpaired) electrons. The Labute approximate surface area is 145 Å². The van der Waals surface area contributed by atoms with Crippen LogP contribution in [0, 0.1) is 23.3 Å². The summed E-state index contributed by atoms with van der Waals surface area (Å²) in [6, 6.07) is -0.435. The summed E-state index contributed by atoms with van der Waals surface area (Å²) < 4.78 is 92.9. The van der Waals surface area contributed by atoms with Crippen LogP contribution in [0.5, 0.6) is 0 Å². The molecule has 27 heavy (non-hydrogen) atoms. The first-order valence-electron chi connectivity index (χ1n) is 6.88. The van der Waals surface area contributed by atoms with Gasteiger partial charge < -0.3 is 10.4 Å². The normalized spacial score (nSPS) is 12.7. The number of carboxylic acids is 1. The van der Waals surface area contributed by atoms with Gasteiger partial charge in [-0.15, -0.1) is 0 Å². The van der Waals surface area contributed by atoms with Gasteiger partial charge in [-0.2, -0.15) is 18.3 Å². The zero-order valence-electron chi connectivity index (χ0n) is 13.0. The molecule has 0 bridgehead atoms. The van der Waals surface area contributed by atoms with E-state index in [9.17, 15) is 40.3 Å². The Kier molecular flexibility index (Phi) is 5.15. The van der Waals surface area contributed by atoms with Crippen LogP contribution < -0.4 is 5.32 Å². The maximum absolute atomic E-state index is 13.8. The third-order valence-corrected chi connectivity index (χ3v) is 3.40. The van der Waals surface area contributed by atoms with E-state index >= 15 is 0 Å². The van der Waals surface area contributed by atoms with Crippen molar-refractivity contribution in [3.05, 3.63) is 46.8 Å². The van der Waals surface area contributed by atoms with Crippen LogP contribution >= 0.6 is 0 Å². The van der Waals surface area contributed by atoms with Gasteiger partial charge in [-0.25, -0.2) is 22.4 Å². The highest BCUT2D eigenvalue weighted by Crippen LogP contribution is 2.38. The number of carboxylic acid groups (broad SMARTS) is 1. The molecule has 0 fully saturated rings. The number of carbonyl (C=O) groups excluding carboxylic acids is 1. The molecule has 1 aromatic heterocycles. The van der Waals surface area contributed by atoms with Crippen LogP contribution in [0.15, 0.2) is 12.3 Å². The number of carbonyl (C=O) groups is 2. The maximum Gasteiger partial charge on any atom is 0.422 e. The first-order chi connectivity index (χ1) is 12.4. The highest BCUT2D eigenvalue weighted by atomic mass is 19.4. The van der Waals surface area contributed by atoms with Crippen molar-refractivity contribution in [3.63, 3.8) is 0 Å². The minimum Gasteiger partial charge on any atom is -0.476 e. The molecule has 1 heterocycles. The van der Waals surface area contributed by atoms with E-state index in [1.54, 1.807) is 0 Å². The molecule has 1 unspecified atom stereocenters. The van der Waals surface area contributed by atoms with Crippen LogP contribution in [0.4, 0.5) is 36.4 Å². The lowest BCUT2D eigenvalue weighted by Crippen LogP contribution is -2.26.